The molecule has 2 aromatic carbocycles. The van der Waals surface area contributed by atoms with E-state index in [1.165, 1.54) is 41.7 Å². The van der Waals surface area contributed by atoms with Crippen molar-refractivity contribution in [1.29, 1.82) is 0 Å². The first-order chi connectivity index (χ1) is 15.1. The van der Waals surface area contributed by atoms with Crippen LogP contribution in [-0.4, -0.2) is 38.9 Å². The molecule has 10 heteroatoms. The summed E-state index contributed by atoms with van der Waals surface area (Å²) in [5, 5.41) is 5.56. The largest absolute Gasteiger partial charge is 0.462 e. The molecule has 32 heavy (non-hydrogen) atoms. The molecule has 0 bridgehead atoms. The normalized spacial score (nSPS) is 12.8. The number of nitrogens with zero attached hydrogens (tertiary/aromatic N) is 3. The van der Waals surface area contributed by atoms with E-state index in [1.54, 1.807) is 26.1 Å². The molecule has 0 heterocycles. The SMILES string of the molecule is C=N/C=N\N(C)c1ccc(/C=C/C(c2cc(Cl)cc(Cl)c2)C(F)(F)F)cc1C(=O)OCC. The van der Waals surface area contributed by atoms with E-state index in [1.807, 2.05) is 0 Å². The van der Waals surface area contributed by atoms with Gasteiger partial charge in [-0.2, -0.15) is 18.3 Å². The molecule has 0 amide bonds. The maximum absolute atomic E-state index is 13.7. The van der Waals surface area contributed by atoms with Gasteiger partial charge in [-0.3, -0.25) is 10.0 Å². The van der Waals surface area contributed by atoms with Gasteiger partial charge in [-0.1, -0.05) is 41.4 Å². The lowest BCUT2D eigenvalue weighted by molar-refractivity contribution is -0.139. The fourth-order valence-corrected chi connectivity index (χ4v) is 3.40. The van der Waals surface area contributed by atoms with Gasteiger partial charge in [0, 0.05) is 17.1 Å². The molecule has 2 aromatic rings. The third-order valence-corrected chi connectivity index (χ3v) is 4.69. The number of hydrogen-bond acceptors (Lipinski definition) is 4. The first-order valence-electron chi connectivity index (χ1n) is 9.31. The predicted molar refractivity (Wildman–Crippen MR) is 123 cm³/mol. The molecule has 1 atom stereocenters. The van der Waals surface area contributed by atoms with E-state index in [2.05, 4.69) is 16.8 Å². The number of esters is 1. The quantitative estimate of drug-likeness (QED) is 0.183. The van der Waals surface area contributed by atoms with Crippen molar-refractivity contribution in [3.8, 4) is 0 Å². The van der Waals surface area contributed by atoms with E-state index in [4.69, 9.17) is 27.9 Å². The van der Waals surface area contributed by atoms with Crippen LogP contribution in [0.3, 0.4) is 0 Å². The van der Waals surface area contributed by atoms with Crippen LogP contribution in [0.15, 0.2) is 52.6 Å². The minimum Gasteiger partial charge on any atom is -0.462 e. The van der Waals surface area contributed by atoms with Crippen LogP contribution in [0.2, 0.25) is 10.0 Å². The standard InChI is InChI=1S/C22H20Cl2F3N3O2/c1-4-32-21(31)18-9-14(6-8-20(18)30(3)29-13-28-2)5-7-19(22(25,26)27)15-10-16(23)12-17(24)11-15/h5-13,19H,2,4H2,1,3H3/b7-5+,29-13-. The Labute approximate surface area is 193 Å². The number of anilines is 1. The van der Waals surface area contributed by atoms with Gasteiger partial charge < -0.3 is 4.74 Å². The van der Waals surface area contributed by atoms with Crippen LogP contribution in [-0.2, 0) is 4.74 Å². The molecule has 170 valence electrons. The summed E-state index contributed by atoms with van der Waals surface area (Å²) >= 11 is 11.8. The Morgan fingerprint density at radius 2 is 1.88 bits per heavy atom. The minimum absolute atomic E-state index is 0.0977. The first-order valence-corrected chi connectivity index (χ1v) is 10.1. The molecule has 0 spiro atoms. The number of ether oxygens (including phenoxy) is 1. The molecule has 0 N–H and O–H groups in total. The Balaban J connectivity index is 2.48. The van der Waals surface area contributed by atoms with E-state index in [0.29, 0.717) is 11.3 Å². The van der Waals surface area contributed by atoms with Crippen molar-refractivity contribution in [2.75, 3.05) is 18.7 Å². The highest BCUT2D eigenvalue weighted by Crippen LogP contribution is 2.38. The molecular weight excluding hydrogens is 466 g/mol. The molecule has 0 fully saturated rings. The Kier molecular flexibility index (Phi) is 8.86. The fraction of sp³-hybridized carbons (Fsp3) is 0.227. The molecule has 0 radical (unpaired) electrons. The van der Waals surface area contributed by atoms with Crippen molar-refractivity contribution in [2.45, 2.75) is 19.0 Å². The molecule has 0 aromatic heterocycles. The van der Waals surface area contributed by atoms with Gasteiger partial charge in [-0.05, 0) is 55.1 Å². The Bertz CT molecular complexity index is 1020. The van der Waals surface area contributed by atoms with E-state index < -0.39 is 18.1 Å². The van der Waals surface area contributed by atoms with Crippen LogP contribution in [0.1, 0.15) is 34.3 Å². The number of rotatable bonds is 8. The van der Waals surface area contributed by atoms with Crippen molar-refractivity contribution in [2.24, 2.45) is 10.1 Å². The monoisotopic (exact) mass is 485 g/mol. The second-order valence-corrected chi connectivity index (χ2v) is 7.39. The first kappa shape index (κ1) is 25.4. The minimum atomic E-state index is -4.58. The number of carbonyl (C=O) groups is 1. The average molecular weight is 486 g/mol. The van der Waals surface area contributed by atoms with Crippen molar-refractivity contribution in [3.63, 3.8) is 0 Å². The van der Waals surface area contributed by atoms with Crippen LogP contribution < -0.4 is 5.01 Å². The predicted octanol–water partition coefficient (Wildman–Crippen LogP) is 6.61. The zero-order chi connectivity index (χ0) is 23.9. The molecule has 0 aliphatic heterocycles. The van der Waals surface area contributed by atoms with Gasteiger partial charge in [0.25, 0.3) is 0 Å². The molecule has 0 aliphatic carbocycles. The zero-order valence-corrected chi connectivity index (χ0v) is 18.7. The third kappa shape index (κ3) is 6.83. The second-order valence-electron chi connectivity index (χ2n) is 6.52. The van der Waals surface area contributed by atoms with Gasteiger partial charge in [0.2, 0.25) is 0 Å². The summed E-state index contributed by atoms with van der Waals surface area (Å²) in [5.41, 5.74) is 0.777. The third-order valence-electron chi connectivity index (χ3n) is 4.25. The van der Waals surface area contributed by atoms with Gasteiger partial charge >= 0.3 is 12.1 Å². The lowest BCUT2D eigenvalue weighted by Gasteiger charge is -2.18. The topological polar surface area (TPSA) is 54.3 Å². The van der Waals surface area contributed by atoms with Gasteiger partial charge in [0.15, 0.2) is 0 Å². The van der Waals surface area contributed by atoms with Crippen LogP contribution in [0.4, 0.5) is 18.9 Å². The highest BCUT2D eigenvalue weighted by molar-refractivity contribution is 6.34. The van der Waals surface area contributed by atoms with Crippen molar-refractivity contribution < 1.29 is 22.7 Å². The Morgan fingerprint density at radius 3 is 2.44 bits per heavy atom. The number of hydrogen-bond donors (Lipinski definition) is 0. The summed E-state index contributed by atoms with van der Waals surface area (Å²) in [6.07, 6.45) is -1.14. The zero-order valence-electron chi connectivity index (χ0n) is 17.2. The molecule has 5 nitrogen and oxygen atoms in total. The summed E-state index contributed by atoms with van der Waals surface area (Å²) in [7, 11) is 1.58. The van der Waals surface area contributed by atoms with E-state index in [9.17, 15) is 18.0 Å². The number of benzene rings is 2. The highest BCUT2D eigenvalue weighted by Gasteiger charge is 2.39. The summed E-state index contributed by atoms with van der Waals surface area (Å²) in [6.45, 7) is 5.07. The van der Waals surface area contributed by atoms with Crippen LogP contribution >= 0.6 is 23.2 Å². The molecule has 1 unspecified atom stereocenters. The number of allylic oxidation sites excluding steroid dienone is 1. The van der Waals surface area contributed by atoms with Crippen molar-refractivity contribution in [3.05, 3.63) is 69.2 Å². The number of hydrazone groups is 1. The van der Waals surface area contributed by atoms with Crippen molar-refractivity contribution in [1.82, 2.24) is 0 Å². The van der Waals surface area contributed by atoms with E-state index in [0.717, 1.165) is 6.08 Å². The highest BCUT2D eigenvalue weighted by atomic mass is 35.5. The van der Waals surface area contributed by atoms with Crippen LogP contribution in [0.25, 0.3) is 6.08 Å². The fourth-order valence-electron chi connectivity index (χ4n) is 2.86. The molecule has 2 rings (SSSR count). The van der Waals surface area contributed by atoms with E-state index in [-0.39, 0.29) is 27.8 Å². The Hall–Kier alpha value is -2.84. The summed E-state index contributed by atoms with van der Waals surface area (Å²) in [5.74, 6) is -2.59. The van der Waals surface area contributed by atoms with Crippen LogP contribution in [0, 0.1) is 0 Å². The molecular formula is C22H20Cl2F3N3O2. The Morgan fingerprint density at radius 1 is 1.22 bits per heavy atom. The number of halogens is 5. The maximum atomic E-state index is 13.7. The maximum Gasteiger partial charge on any atom is 0.399 e. The number of carbonyl (C=O) groups excluding carboxylic acids is 1. The second kappa shape index (κ2) is 11.2. The lowest BCUT2D eigenvalue weighted by atomic mass is 9.96. The summed E-state index contributed by atoms with van der Waals surface area (Å²) in [6, 6.07) is 8.31. The van der Waals surface area contributed by atoms with Gasteiger partial charge in [0.05, 0.1) is 23.8 Å². The average Bonchev–Trinajstić information content (AvgIpc) is 2.70. The molecule has 0 saturated carbocycles. The van der Waals surface area contributed by atoms with E-state index >= 15 is 0 Å². The lowest BCUT2D eigenvalue weighted by Crippen LogP contribution is -2.19. The number of alkyl halides is 3. The van der Waals surface area contributed by atoms with Gasteiger partial charge in [0.1, 0.15) is 6.34 Å². The summed E-state index contributed by atoms with van der Waals surface area (Å²) in [4.78, 5) is 15.9. The smallest absolute Gasteiger partial charge is 0.399 e. The molecule has 0 aliphatic rings. The number of aliphatic imine (C=N–C) groups is 1. The van der Waals surface area contributed by atoms with Crippen LogP contribution in [0.5, 0.6) is 0 Å². The summed E-state index contributed by atoms with van der Waals surface area (Å²) < 4.78 is 46.2. The van der Waals surface area contributed by atoms with Gasteiger partial charge in [-0.15, -0.1) is 0 Å². The molecule has 0 saturated heterocycles. The van der Waals surface area contributed by atoms with Crippen molar-refractivity contribution >= 4 is 54.0 Å². The van der Waals surface area contributed by atoms with Gasteiger partial charge in [-0.25, -0.2) is 4.79 Å².